The summed E-state index contributed by atoms with van der Waals surface area (Å²) >= 11 is 1.57. The second-order valence-corrected chi connectivity index (χ2v) is 7.90. The zero-order valence-corrected chi connectivity index (χ0v) is 19.4. The fraction of sp³-hybridized carbons (Fsp3) is 0.476. The molecular formula is C21H30ClN5OS. The SMILES string of the molecule is CCN(CC)CCN(C(=O)c1cc(C)n(CC)n1)c1nc2c(C)cccc2s1.Cl. The standard InChI is InChI=1S/C21H29N5OS.ClH/c1-6-24(7-2)12-13-25(20(27)17-14-16(5)26(8-3)23-17)21-22-19-15(4)10-9-11-18(19)28-21;/h9-11,14H,6-8,12-13H2,1-5H3;1H. The molecule has 0 spiro atoms. The maximum Gasteiger partial charge on any atom is 0.280 e. The summed E-state index contributed by atoms with van der Waals surface area (Å²) in [5.74, 6) is -0.0841. The molecule has 0 aliphatic carbocycles. The summed E-state index contributed by atoms with van der Waals surface area (Å²) in [4.78, 5) is 22.3. The average molecular weight is 436 g/mol. The van der Waals surface area contributed by atoms with Gasteiger partial charge in [0.25, 0.3) is 5.91 Å². The molecule has 0 unspecified atom stereocenters. The predicted molar refractivity (Wildman–Crippen MR) is 124 cm³/mol. The zero-order chi connectivity index (χ0) is 20.3. The van der Waals surface area contributed by atoms with Crippen LogP contribution < -0.4 is 4.90 Å². The van der Waals surface area contributed by atoms with Crippen LogP contribution in [0.25, 0.3) is 10.2 Å². The Hall–Kier alpha value is -1.96. The van der Waals surface area contributed by atoms with Crippen LogP contribution in [-0.4, -0.2) is 51.8 Å². The van der Waals surface area contributed by atoms with Gasteiger partial charge < -0.3 is 4.90 Å². The molecule has 6 nitrogen and oxygen atoms in total. The fourth-order valence-corrected chi connectivity index (χ4v) is 4.40. The highest BCUT2D eigenvalue weighted by atomic mass is 35.5. The Morgan fingerprint density at radius 2 is 1.86 bits per heavy atom. The van der Waals surface area contributed by atoms with Gasteiger partial charge in [0.05, 0.1) is 10.2 Å². The molecule has 0 radical (unpaired) electrons. The van der Waals surface area contributed by atoms with Crippen molar-refractivity contribution in [1.82, 2.24) is 19.7 Å². The first kappa shape index (κ1) is 23.3. The Labute approximate surface area is 182 Å². The van der Waals surface area contributed by atoms with Gasteiger partial charge in [0.2, 0.25) is 0 Å². The molecule has 3 rings (SSSR count). The number of fused-ring (bicyclic) bond motifs is 1. The smallest absolute Gasteiger partial charge is 0.280 e. The van der Waals surface area contributed by atoms with Crippen LogP contribution in [0.3, 0.4) is 0 Å². The average Bonchev–Trinajstić information content (AvgIpc) is 3.29. The van der Waals surface area contributed by atoms with E-state index in [1.807, 2.05) is 30.7 Å². The van der Waals surface area contributed by atoms with Crippen molar-refractivity contribution in [3.63, 3.8) is 0 Å². The number of thiazole rings is 1. The minimum Gasteiger partial charge on any atom is -0.302 e. The van der Waals surface area contributed by atoms with E-state index in [4.69, 9.17) is 4.98 Å². The van der Waals surface area contributed by atoms with Crippen LogP contribution in [0.5, 0.6) is 0 Å². The summed E-state index contributed by atoms with van der Waals surface area (Å²) < 4.78 is 2.96. The summed E-state index contributed by atoms with van der Waals surface area (Å²) in [5.41, 5.74) is 3.57. The van der Waals surface area contributed by atoms with E-state index < -0.39 is 0 Å². The fourth-order valence-electron chi connectivity index (χ4n) is 3.33. The monoisotopic (exact) mass is 435 g/mol. The van der Waals surface area contributed by atoms with E-state index in [2.05, 4.69) is 42.9 Å². The van der Waals surface area contributed by atoms with Crippen molar-refractivity contribution in [2.75, 3.05) is 31.1 Å². The van der Waals surface area contributed by atoms with Gasteiger partial charge in [0.1, 0.15) is 0 Å². The van der Waals surface area contributed by atoms with Crippen molar-refractivity contribution in [2.45, 2.75) is 41.2 Å². The lowest BCUT2D eigenvalue weighted by Crippen LogP contribution is -2.39. The molecular weight excluding hydrogens is 406 g/mol. The van der Waals surface area contributed by atoms with Crippen molar-refractivity contribution in [3.8, 4) is 0 Å². The van der Waals surface area contributed by atoms with E-state index in [1.165, 1.54) is 0 Å². The van der Waals surface area contributed by atoms with Gasteiger partial charge in [-0.3, -0.25) is 14.4 Å². The van der Waals surface area contributed by atoms with Gasteiger partial charge in [0, 0.05) is 25.3 Å². The van der Waals surface area contributed by atoms with Crippen molar-refractivity contribution in [3.05, 3.63) is 41.2 Å². The van der Waals surface area contributed by atoms with Gasteiger partial charge >= 0.3 is 0 Å². The number of amides is 1. The minimum atomic E-state index is -0.0841. The highest BCUT2D eigenvalue weighted by Crippen LogP contribution is 2.31. The van der Waals surface area contributed by atoms with Crippen LogP contribution in [0.15, 0.2) is 24.3 Å². The molecule has 2 heterocycles. The van der Waals surface area contributed by atoms with Crippen LogP contribution in [0.2, 0.25) is 0 Å². The van der Waals surface area contributed by atoms with Gasteiger partial charge in [-0.05, 0) is 51.6 Å². The van der Waals surface area contributed by atoms with E-state index in [0.717, 1.165) is 52.8 Å². The molecule has 0 atom stereocenters. The Kier molecular flexibility index (Phi) is 8.19. The Balaban J connectivity index is 0.00000300. The second-order valence-electron chi connectivity index (χ2n) is 6.89. The van der Waals surface area contributed by atoms with Crippen LogP contribution in [0.1, 0.15) is 42.5 Å². The molecule has 0 saturated carbocycles. The summed E-state index contributed by atoms with van der Waals surface area (Å²) in [5, 5.41) is 5.24. The third kappa shape index (κ3) is 4.97. The van der Waals surface area contributed by atoms with E-state index >= 15 is 0 Å². The normalized spacial score (nSPS) is 11.1. The first-order valence-electron chi connectivity index (χ1n) is 9.93. The van der Waals surface area contributed by atoms with E-state index in [-0.39, 0.29) is 18.3 Å². The Morgan fingerprint density at radius 3 is 2.45 bits per heavy atom. The third-order valence-electron chi connectivity index (χ3n) is 5.12. The number of halogens is 1. The molecule has 0 aliphatic rings. The maximum absolute atomic E-state index is 13.4. The maximum atomic E-state index is 13.4. The van der Waals surface area contributed by atoms with E-state index in [0.29, 0.717) is 12.2 Å². The number of para-hydroxylation sites is 1. The molecule has 0 saturated heterocycles. The summed E-state index contributed by atoms with van der Waals surface area (Å²) in [6.45, 7) is 14.4. The highest BCUT2D eigenvalue weighted by molar-refractivity contribution is 7.22. The van der Waals surface area contributed by atoms with Crippen LogP contribution >= 0.6 is 23.7 Å². The Bertz CT molecular complexity index is 963. The number of hydrogen-bond donors (Lipinski definition) is 0. The predicted octanol–water partition coefficient (Wildman–Crippen LogP) is 4.54. The number of likely N-dealkylation sites (N-methyl/N-ethyl adjacent to an activating group) is 1. The molecule has 2 aromatic heterocycles. The van der Waals surface area contributed by atoms with Gasteiger partial charge in [-0.25, -0.2) is 4.98 Å². The second kappa shape index (κ2) is 10.2. The van der Waals surface area contributed by atoms with Gasteiger partial charge in [0.15, 0.2) is 10.8 Å². The topological polar surface area (TPSA) is 54.3 Å². The molecule has 0 N–H and O–H groups in total. The minimum absolute atomic E-state index is 0. The molecule has 0 aliphatic heterocycles. The summed E-state index contributed by atoms with van der Waals surface area (Å²) in [7, 11) is 0. The molecule has 0 fully saturated rings. The van der Waals surface area contributed by atoms with Crippen molar-refractivity contribution in [2.24, 2.45) is 0 Å². The molecule has 0 bridgehead atoms. The van der Waals surface area contributed by atoms with E-state index in [1.54, 1.807) is 16.2 Å². The quantitative estimate of drug-likeness (QED) is 0.521. The highest BCUT2D eigenvalue weighted by Gasteiger charge is 2.24. The number of carbonyl (C=O) groups excluding carboxylic acids is 1. The first-order chi connectivity index (χ1) is 13.5. The number of aryl methyl sites for hydroxylation is 3. The van der Waals surface area contributed by atoms with Crippen LogP contribution in [-0.2, 0) is 6.54 Å². The summed E-state index contributed by atoms with van der Waals surface area (Å²) in [6, 6.07) is 8.02. The first-order valence-corrected chi connectivity index (χ1v) is 10.7. The van der Waals surface area contributed by atoms with Crippen molar-refractivity contribution in [1.29, 1.82) is 0 Å². The summed E-state index contributed by atoms with van der Waals surface area (Å²) in [6.07, 6.45) is 0. The molecule has 8 heteroatoms. The van der Waals surface area contributed by atoms with Gasteiger partial charge in [-0.15, -0.1) is 12.4 Å². The lowest BCUT2D eigenvalue weighted by Gasteiger charge is -2.24. The van der Waals surface area contributed by atoms with Crippen LogP contribution in [0.4, 0.5) is 5.13 Å². The molecule has 3 aromatic rings. The Morgan fingerprint density at radius 1 is 1.14 bits per heavy atom. The molecule has 158 valence electrons. The van der Waals surface area contributed by atoms with Gasteiger partial charge in [-0.2, -0.15) is 5.10 Å². The molecule has 1 amide bonds. The number of carbonyl (C=O) groups is 1. The molecule has 1 aromatic carbocycles. The zero-order valence-electron chi connectivity index (χ0n) is 17.8. The molecule has 29 heavy (non-hydrogen) atoms. The van der Waals surface area contributed by atoms with Gasteiger partial charge in [-0.1, -0.05) is 37.3 Å². The number of aromatic nitrogens is 3. The number of hydrogen-bond acceptors (Lipinski definition) is 5. The van der Waals surface area contributed by atoms with Crippen molar-refractivity contribution >= 4 is 45.0 Å². The number of benzene rings is 1. The number of nitrogens with zero attached hydrogens (tertiary/aromatic N) is 5. The van der Waals surface area contributed by atoms with Crippen molar-refractivity contribution < 1.29 is 4.79 Å². The lowest BCUT2D eigenvalue weighted by molar-refractivity contribution is 0.0978. The lowest BCUT2D eigenvalue weighted by atomic mass is 10.2. The number of anilines is 1. The number of rotatable bonds is 8. The van der Waals surface area contributed by atoms with Crippen LogP contribution in [0, 0.1) is 13.8 Å². The largest absolute Gasteiger partial charge is 0.302 e. The van der Waals surface area contributed by atoms with E-state index in [9.17, 15) is 4.79 Å². The third-order valence-corrected chi connectivity index (χ3v) is 6.16.